The molecule has 1 aromatic carbocycles. The minimum absolute atomic E-state index is 0.377. The van der Waals surface area contributed by atoms with Crippen molar-refractivity contribution in [3.63, 3.8) is 0 Å². The minimum Gasteiger partial charge on any atom is -0.455 e. The highest BCUT2D eigenvalue weighted by Crippen LogP contribution is 2.17. The van der Waals surface area contributed by atoms with Crippen molar-refractivity contribution < 1.29 is 4.42 Å². The Balaban J connectivity index is 1.81. The van der Waals surface area contributed by atoms with Gasteiger partial charge in [0.05, 0.1) is 11.1 Å². The maximum Gasteiger partial charge on any atom is 0.168 e. The average Bonchev–Trinajstić information content (AvgIpc) is 3.07. The summed E-state index contributed by atoms with van der Waals surface area (Å²) in [6.45, 7) is 0. The summed E-state index contributed by atoms with van der Waals surface area (Å²) in [5.41, 5.74) is 0.831. The van der Waals surface area contributed by atoms with Crippen LogP contribution in [-0.4, -0.2) is 11.4 Å². The van der Waals surface area contributed by atoms with E-state index in [1.54, 1.807) is 6.21 Å². The third-order valence-corrected chi connectivity index (χ3v) is 3.77. The van der Waals surface area contributed by atoms with Gasteiger partial charge in [0.1, 0.15) is 11.3 Å². The van der Waals surface area contributed by atoms with Crippen LogP contribution < -0.4 is 0 Å². The van der Waals surface area contributed by atoms with E-state index in [9.17, 15) is 0 Å². The predicted molar refractivity (Wildman–Crippen MR) is 80.5 cm³/mol. The van der Waals surface area contributed by atoms with E-state index in [4.69, 9.17) is 16.0 Å². The summed E-state index contributed by atoms with van der Waals surface area (Å²) < 4.78 is 5.58. The van der Waals surface area contributed by atoms with E-state index in [0.717, 1.165) is 15.8 Å². The van der Waals surface area contributed by atoms with Crippen molar-refractivity contribution in [3.8, 4) is 0 Å². The Kier molecular flexibility index (Phi) is 3.44. The van der Waals surface area contributed by atoms with Crippen LogP contribution in [0.2, 0.25) is 0 Å². The Morgan fingerprint density at radius 3 is 2.89 bits per heavy atom. The molecule has 3 aromatic rings. The van der Waals surface area contributed by atoms with Crippen molar-refractivity contribution in [1.82, 2.24) is 0 Å². The molecule has 3 nitrogen and oxygen atoms in total. The topological polar surface area (TPSA) is 37.9 Å². The molecule has 0 saturated carbocycles. The molecule has 2 heterocycles. The van der Waals surface area contributed by atoms with E-state index in [1.807, 2.05) is 47.8 Å². The first-order valence-electron chi connectivity index (χ1n) is 5.62. The van der Waals surface area contributed by atoms with Crippen LogP contribution in [0.3, 0.4) is 0 Å². The van der Waals surface area contributed by atoms with E-state index >= 15 is 0 Å². The third-order valence-electron chi connectivity index (χ3n) is 2.50. The second-order valence-electron chi connectivity index (χ2n) is 3.80. The summed E-state index contributed by atoms with van der Waals surface area (Å²) in [6, 6.07) is 13.5. The van der Waals surface area contributed by atoms with E-state index < -0.39 is 0 Å². The number of halogens is 1. The number of fused-ring (bicyclic) bond motifs is 1. The van der Waals surface area contributed by atoms with Crippen LogP contribution >= 0.6 is 22.9 Å². The van der Waals surface area contributed by atoms with Gasteiger partial charge in [-0.1, -0.05) is 35.9 Å². The second-order valence-corrected chi connectivity index (χ2v) is 5.10. The monoisotopic (exact) mass is 288 g/mol. The molecular weight excluding hydrogens is 280 g/mol. The van der Waals surface area contributed by atoms with Crippen LogP contribution in [0.15, 0.2) is 62.5 Å². The molecule has 5 heteroatoms. The van der Waals surface area contributed by atoms with Gasteiger partial charge in [-0.3, -0.25) is 0 Å². The Bertz CT molecular complexity index is 711. The number of furan rings is 1. The Labute approximate surface area is 118 Å². The molecule has 0 aliphatic heterocycles. The van der Waals surface area contributed by atoms with Gasteiger partial charge in [-0.05, 0) is 23.6 Å². The standard InChI is InChI=1S/C14H9ClN2OS/c15-14(13-6-3-7-19-13)17-16-9-11-8-10-4-1-2-5-12(10)18-11/h1-9H. The number of nitrogens with zero attached hydrogens (tertiary/aromatic N) is 2. The van der Waals surface area contributed by atoms with Crippen LogP contribution in [0.5, 0.6) is 0 Å². The lowest BCUT2D eigenvalue weighted by molar-refractivity contribution is 0.607. The number of hydrogen-bond acceptors (Lipinski definition) is 4. The van der Waals surface area contributed by atoms with Gasteiger partial charge in [0.15, 0.2) is 5.17 Å². The van der Waals surface area contributed by atoms with Crippen LogP contribution in [0.25, 0.3) is 11.0 Å². The molecular formula is C14H9ClN2OS. The van der Waals surface area contributed by atoms with Crippen molar-refractivity contribution in [2.24, 2.45) is 10.2 Å². The maximum absolute atomic E-state index is 6.01. The smallest absolute Gasteiger partial charge is 0.168 e. The fraction of sp³-hybridized carbons (Fsp3) is 0. The van der Waals surface area contributed by atoms with Gasteiger partial charge in [0, 0.05) is 5.39 Å². The fourth-order valence-electron chi connectivity index (χ4n) is 1.65. The van der Waals surface area contributed by atoms with Gasteiger partial charge in [0.2, 0.25) is 0 Å². The first-order chi connectivity index (χ1) is 9.33. The first kappa shape index (κ1) is 12.1. The third kappa shape index (κ3) is 2.75. The average molecular weight is 289 g/mol. The highest BCUT2D eigenvalue weighted by Gasteiger charge is 2.01. The molecule has 0 bridgehead atoms. The molecule has 0 amide bonds. The van der Waals surface area contributed by atoms with E-state index in [2.05, 4.69) is 10.2 Å². The molecule has 0 unspecified atom stereocenters. The molecule has 3 rings (SSSR count). The Hall–Kier alpha value is -1.91. The zero-order chi connectivity index (χ0) is 13.1. The van der Waals surface area contributed by atoms with Gasteiger partial charge < -0.3 is 4.42 Å². The number of thiophene rings is 1. The minimum atomic E-state index is 0.377. The summed E-state index contributed by atoms with van der Waals surface area (Å²) in [5, 5.41) is 11.2. The van der Waals surface area contributed by atoms with Crippen molar-refractivity contribution in [2.75, 3.05) is 0 Å². The van der Waals surface area contributed by atoms with Gasteiger partial charge in [-0.25, -0.2) is 0 Å². The highest BCUT2D eigenvalue weighted by atomic mass is 35.5. The van der Waals surface area contributed by atoms with Crippen LogP contribution in [0.1, 0.15) is 10.6 Å². The molecule has 94 valence electrons. The van der Waals surface area contributed by atoms with Gasteiger partial charge in [-0.2, -0.15) is 5.10 Å². The van der Waals surface area contributed by atoms with E-state index in [1.165, 1.54) is 11.3 Å². The lowest BCUT2D eigenvalue weighted by atomic mass is 10.2. The van der Waals surface area contributed by atoms with Gasteiger partial charge >= 0.3 is 0 Å². The van der Waals surface area contributed by atoms with Crippen molar-refractivity contribution >= 4 is 45.3 Å². The largest absolute Gasteiger partial charge is 0.455 e. The quantitative estimate of drug-likeness (QED) is 0.516. The maximum atomic E-state index is 6.01. The Morgan fingerprint density at radius 2 is 2.11 bits per heavy atom. The predicted octanol–water partition coefficient (Wildman–Crippen LogP) is 4.51. The molecule has 0 radical (unpaired) electrons. The molecule has 0 spiro atoms. The summed E-state index contributed by atoms with van der Waals surface area (Å²) in [6.07, 6.45) is 1.55. The van der Waals surface area contributed by atoms with Crippen molar-refractivity contribution in [2.45, 2.75) is 0 Å². The molecule has 0 fully saturated rings. The number of para-hydroxylation sites is 1. The first-order valence-corrected chi connectivity index (χ1v) is 6.88. The lowest BCUT2D eigenvalue weighted by Crippen LogP contribution is -1.84. The SMILES string of the molecule is ClC(=NN=Cc1cc2ccccc2o1)c1cccs1. The molecule has 0 saturated heterocycles. The van der Waals surface area contributed by atoms with Crippen LogP contribution in [0, 0.1) is 0 Å². The summed E-state index contributed by atoms with van der Waals surface area (Å²) in [4.78, 5) is 0.892. The normalized spacial score (nSPS) is 12.6. The zero-order valence-corrected chi connectivity index (χ0v) is 11.4. The van der Waals surface area contributed by atoms with E-state index in [0.29, 0.717) is 10.9 Å². The summed E-state index contributed by atoms with van der Waals surface area (Å²) >= 11 is 7.53. The molecule has 0 aliphatic carbocycles. The number of rotatable bonds is 3. The Morgan fingerprint density at radius 1 is 1.21 bits per heavy atom. The summed E-state index contributed by atoms with van der Waals surface area (Å²) in [5.74, 6) is 0.653. The van der Waals surface area contributed by atoms with E-state index in [-0.39, 0.29) is 0 Å². The molecule has 0 aliphatic rings. The number of benzene rings is 1. The summed E-state index contributed by atoms with van der Waals surface area (Å²) in [7, 11) is 0. The zero-order valence-electron chi connectivity index (χ0n) is 9.79. The fourth-order valence-corrected chi connectivity index (χ4v) is 2.49. The van der Waals surface area contributed by atoms with Crippen LogP contribution in [-0.2, 0) is 0 Å². The second kappa shape index (κ2) is 5.38. The number of hydrogen-bond donors (Lipinski definition) is 0. The lowest BCUT2D eigenvalue weighted by Gasteiger charge is -1.87. The molecule has 19 heavy (non-hydrogen) atoms. The highest BCUT2D eigenvalue weighted by molar-refractivity contribution is 7.14. The van der Waals surface area contributed by atoms with Crippen molar-refractivity contribution in [1.29, 1.82) is 0 Å². The van der Waals surface area contributed by atoms with Crippen molar-refractivity contribution in [3.05, 3.63) is 58.5 Å². The molecule has 2 aromatic heterocycles. The molecule has 0 N–H and O–H groups in total. The van der Waals surface area contributed by atoms with Gasteiger partial charge in [-0.15, -0.1) is 16.4 Å². The molecule has 0 atom stereocenters. The van der Waals surface area contributed by atoms with Crippen LogP contribution in [0.4, 0.5) is 0 Å². The van der Waals surface area contributed by atoms with Gasteiger partial charge in [0.25, 0.3) is 0 Å².